The third-order valence-electron chi connectivity index (χ3n) is 7.81. The van der Waals surface area contributed by atoms with E-state index in [0.29, 0.717) is 0 Å². The highest BCUT2D eigenvalue weighted by atomic mass is 79.9. The molecule has 0 aliphatic carbocycles. The minimum absolute atomic E-state index is 0.107. The van der Waals surface area contributed by atoms with Crippen molar-refractivity contribution in [3.05, 3.63) is 58.6 Å². The van der Waals surface area contributed by atoms with Crippen LogP contribution in [0.15, 0.2) is 53.0 Å². The largest absolute Gasteiger partial charge is 0.387 e. The summed E-state index contributed by atoms with van der Waals surface area (Å²) in [6.07, 6.45) is 15.2. The van der Waals surface area contributed by atoms with E-state index in [1.165, 1.54) is 98.6 Å². The van der Waals surface area contributed by atoms with Crippen LogP contribution in [0.2, 0.25) is 0 Å². The van der Waals surface area contributed by atoms with Crippen molar-refractivity contribution in [2.45, 2.75) is 110 Å². The third kappa shape index (κ3) is 8.30. The molecule has 0 aromatic heterocycles. The Morgan fingerprint density at radius 3 is 1.86 bits per heavy atom. The van der Waals surface area contributed by atoms with Gasteiger partial charge >= 0.3 is 0 Å². The molecule has 0 bridgehead atoms. The summed E-state index contributed by atoms with van der Waals surface area (Å²) < 4.78 is 1.12. The standard InChI is InChI=1S/C33H48BrNO/c1-4-6-8-10-12-16-22-35(23-17-13-11-9-7-5-2)26(3)33(36)28-21-20-27-25-32(34)30-19-15-14-18-29(30)31(27)24-28/h14-15,18-21,24-26,33,36H,4-13,16-17,22-23H2,1-3H3/t26-,33-/m1/s1. The van der Waals surface area contributed by atoms with Gasteiger partial charge in [-0.1, -0.05) is 130 Å². The number of fused-ring (bicyclic) bond motifs is 3. The van der Waals surface area contributed by atoms with Crippen molar-refractivity contribution in [1.82, 2.24) is 4.90 Å². The van der Waals surface area contributed by atoms with Crippen molar-refractivity contribution in [3.8, 4) is 0 Å². The minimum Gasteiger partial charge on any atom is -0.387 e. The summed E-state index contributed by atoms with van der Waals surface area (Å²) in [7, 11) is 0. The summed E-state index contributed by atoms with van der Waals surface area (Å²) in [5.74, 6) is 0. The van der Waals surface area contributed by atoms with Crippen LogP contribution in [0.5, 0.6) is 0 Å². The van der Waals surface area contributed by atoms with Crippen molar-refractivity contribution in [3.63, 3.8) is 0 Å². The van der Waals surface area contributed by atoms with E-state index >= 15 is 0 Å². The van der Waals surface area contributed by atoms with Gasteiger partial charge in [0.1, 0.15) is 0 Å². The van der Waals surface area contributed by atoms with Gasteiger partial charge in [-0.2, -0.15) is 0 Å². The molecular formula is C33H48BrNO. The van der Waals surface area contributed by atoms with E-state index < -0.39 is 6.10 Å². The van der Waals surface area contributed by atoms with Crippen molar-refractivity contribution < 1.29 is 5.11 Å². The molecule has 0 saturated heterocycles. The van der Waals surface area contributed by atoms with Crippen molar-refractivity contribution in [2.75, 3.05) is 13.1 Å². The zero-order valence-electron chi connectivity index (χ0n) is 22.9. The Morgan fingerprint density at radius 1 is 0.694 bits per heavy atom. The molecule has 0 aliphatic rings. The van der Waals surface area contributed by atoms with Gasteiger partial charge in [-0.15, -0.1) is 0 Å². The fraction of sp³-hybridized carbons (Fsp3) is 0.576. The zero-order valence-corrected chi connectivity index (χ0v) is 24.5. The average molecular weight is 555 g/mol. The maximum Gasteiger partial charge on any atom is 0.0942 e. The first kappa shape index (κ1) is 29.1. The second-order valence-electron chi connectivity index (χ2n) is 10.6. The van der Waals surface area contributed by atoms with Crippen LogP contribution in [-0.2, 0) is 0 Å². The Balaban J connectivity index is 1.71. The molecule has 0 radical (unpaired) electrons. The fourth-order valence-corrected chi connectivity index (χ4v) is 6.04. The number of hydrogen-bond donors (Lipinski definition) is 1. The van der Waals surface area contributed by atoms with Gasteiger partial charge in [-0.25, -0.2) is 0 Å². The number of aliphatic hydroxyl groups excluding tert-OH is 1. The van der Waals surface area contributed by atoms with Gasteiger partial charge in [0.25, 0.3) is 0 Å². The second-order valence-corrected chi connectivity index (χ2v) is 11.5. The number of aliphatic hydroxyl groups is 1. The molecule has 198 valence electrons. The van der Waals surface area contributed by atoms with Crippen LogP contribution in [0.4, 0.5) is 0 Å². The van der Waals surface area contributed by atoms with Gasteiger partial charge in [-0.05, 0) is 72.1 Å². The normalized spacial score (nSPS) is 13.6. The molecule has 0 heterocycles. The van der Waals surface area contributed by atoms with Gasteiger partial charge < -0.3 is 5.11 Å². The highest BCUT2D eigenvalue weighted by Crippen LogP contribution is 2.34. The van der Waals surface area contributed by atoms with Crippen LogP contribution >= 0.6 is 15.9 Å². The Hall–Kier alpha value is -1.42. The topological polar surface area (TPSA) is 23.5 Å². The Kier molecular flexibility index (Phi) is 12.7. The van der Waals surface area contributed by atoms with Gasteiger partial charge in [-0.3, -0.25) is 4.90 Å². The number of nitrogens with zero attached hydrogens (tertiary/aromatic N) is 1. The zero-order chi connectivity index (χ0) is 25.8. The molecule has 0 spiro atoms. The predicted molar refractivity (Wildman–Crippen MR) is 162 cm³/mol. The van der Waals surface area contributed by atoms with E-state index in [1.54, 1.807) is 0 Å². The minimum atomic E-state index is -0.489. The molecule has 0 aliphatic heterocycles. The second kappa shape index (κ2) is 15.7. The average Bonchev–Trinajstić information content (AvgIpc) is 2.90. The highest BCUT2D eigenvalue weighted by molar-refractivity contribution is 9.10. The lowest BCUT2D eigenvalue weighted by Crippen LogP contribution is -2.39. The summed E-state index contributed by atoms with van der Waals surface area (Å²) in [4.78, 5) is 2.56. The summed E-state index contributed by atoms with van der Waals surface area (Å²) >= 11 is 3.74. The first-order valence-electron chi connectivity index (χ1n) is 14.6. The number of rotatable bonds is 17. The Morgan fingerprint density at radius 2 is 1.25 bits per heavy atom. The van der Waals surface area contributed by atoms with Crippen LogP contribution < -0.4 is 0 Å². The maximum absolute atomic E-state index is 11.5. The van der Waals surface area contributed by atoms with Crippen LogP contribution in [0.3, 0.4) is 0 Å². The SMILES string of the molecule is CCCCCCCCN(CCCCCCCC)[C@H](C)[C@@H](O)c1ccc2cc(Br)c3ccccc3c2c1. The van der Waals surface area contributed by atoms with E-state index in [1.807, 2.05) is 0 Å². The highest BCUT2D eigenvalue weighted by Gasteiger charge is 2.23. The predicted octanol–water partition coefficient (Wildman–Crippen LogP) is 10.2. The van der Waals surface area contributed by atoms with Crippen molar-refractivity contribution in [1.29, 1.82) is 0 Å². The quantitative estimate of drug-likeness (QED) is 0.133. The lowest BCUT2D eigenvalue weighted by atomic mass is 9.95. The molecule has 0 saturated carbocycles. The lowest BCUT2D eigenvalue weighted by molar-refractivity contribution is 0.0555. The van der Waals surface area contributed by atoms with E-state index in [9.17, 15) is 5.11 Å². The first-order chi connectivity index (χ1) is 17.6. The monoisotopic (exact) mass is 553 g/mol. The third-order valence-corrected chi connectivity index (χ3v) is 8.46. The molecule has 2 atom stereocenters. The Labute approximate surface area is 228 Å². The van der Waals surface area contributed by atoms with E-state index in [2.05, 4.69) is 90.1 Å². The van der Waals surface area contributed by atoms with Crippen LogP contribution in [0.1, 0.15) is 109 Å². The molecular weight excluding hydrogens is 506 g/mol. The van der Waals surface area contributed by atoms with Gasteiger partial charge in [0.05, 0.1) is 6.10 Å². The smallest absolute Gasteiger partial charge is 0.0942 e. The number of halogens is 1. The molecule has 3 aromatic rings. The summed E-state index contributed by atoms with van der Waals surface area (Å²) in [6.45, 7) is 8.95. The van der Waals surface area contributed by atoms with Gasteiger partial charge in [0.2, 0.25) is 0 Å². The molecule has 3 aromatic carbocycles. The van der Waals surface area contributed by atoms with Crippen molar-refractivity contribution >= 4 is 37.5 Å². The molecule has 3 heteroatoms. The Bertz CT molecular complexity index is 1030. The van der Waals surface area contributed by atoms with Gasteiger partial charge in [0, 0.05) is 10.5 Å². The number of benzene rings is 3. The van der Waals surface area contributed by atoms with Crippen LogP contribution in [0, 0.1) is 0 Å². The molecule has 0 amide bonds. The van der Waals surface area contributed by atoms with Crippen molar-refractivity contribution in [2.24, 2.45) is 0 Å². The molecule has 0 fully saturated rings. The van der Waals surface area contributed by atoms with Crippen LogP contribution in [-0.4, -0.2) is 29.1 Å². The van der Waals surface area contributed by atoms with Gasteiger partial charge in [0.15, 0.2) is 0 Å². The molecule has 0 unspecified atom stereocenters. The number of hydrogen-bond acceptors (Lipinski definition) is 2. The summed E-state index contributed by atoms with van der Waals surface area (Å²) in [6, 6.07) is 17.3. The summed E-state index contributed by atoms with van der Waals surface area (Å²) in [5, 5.41) is 16.4. The molecule has 1 N–H and O–H groups in total. The molecule has 36 heavy (non-hydrogen) atoms. The van der Waals surface area contributed by atoms with E-state index in [0.717, 1.165) is 23.1 Å². The lowest BCUT2D eigenvalue weighted by Gasteiger charge is -2.33. The summed E-state index contributed by atoms with van der Waals surface area (Å²) in [5.41, 5.74) is 1.03. The van der Waals surface area contributed by atoms with Crippen LogP contribution in [0.25, 0.3) is 21.5 Å². The number of unbranched alkanes of at least 4 members (excludes halogenated alkanes) is 10. The maximum atomic E-state index is 11.5. The molecule has 3 rings (SSSR count). The molecule has 2 nitrogen and oxygen atoms in total. The first-order valence-corrected chi connectivity index (χ1v) is 15.4. The van der Waals surface area contributed by atoms with E-state index in [4.69, 9.17) is 0 Å². The fourth-order valence-electron chi connectivity index (χ4n) is 5.45. The van der Waals surface area contributed by atoms with E-state index in [-0.39, 0.29) is 6.04 Å².